The van der Waals surface area contributed by atoms with Gasteiger partial charge < -0.3 is 25.4 Å². The van der Waals surface area contributed by atoms with Crippen molar-refractivity contribution in [2.75, 3.05) is 11.9 Å². The summed E-state index contributed by atoms with van der Waals surface area (Å²) in [6.45, 7) is 9.74. The van der Waals surface area contributed by atoms with Crippen LogP contribution in [0.3, 0.4) is 0 Å². The molecular weight excluding hydrogens is 494 g/mol. The molecule has 0 aliphatic carbocycles. The summed E-state index contributed by atoms with van der Waals surface area (Å²) < 4.78 is 6.77. The molecule has 7 atom stereocenters. The summed E-state index contributed by atoms with van der Waals surface area (Å²) in [7, 11) is 0. The standard InChI is InChI=1S/C31H39N3O5/c1-6-22(17-35)34-26(28(37)33-23-14-18(2)12-13-19(23)3)31-15-20(4)30(5,39-31)24(25(31)29(34)38)27(36)32-16-21-10-8-7-9-11-21/h7-14,20,22,24-26,35H,6,15-17H2,1-5H3,(H,32,36)(H,33,37)/t20?,22-,24+,25-,26?,30-,31?/m0/s1. The van der Waals surface area contributed by atoms with Crippen molar-refractivity contribution in [3.8, 4) is 0 Å². The molecule has 1 spiro atoms. The van der Waals surface area contributed by atoms with Gasteiger partial charge in [0.05, 0.1) is 30.1 Å². The third-order valence-electron chi connectivity index (χ3n) is 9.32. The summed E-state index contributed by atoms with van der Waals surface area (Å²) in [6.07, 6.45) is 0.946. The molecule has 2 aromatic rings. The van der Waals surface area contributed by atoms with Crippen molar-refractivity contribution >= 4 is 23.4 Å². The van der Waals surface area contributed by atoms with Crippen LogP contribution in [0, 0.1) is 31.6 Å². The van der Waals surface area contributed by atoms with Crippen LogP contribution >= 0.6 is 0 Å². The Hall–Kier alpha value is -3.23. The molecule has 3 aliphatic heterocycles. The summed E-state index contributed by atoms with van der Waals surface area (Å²) in [5.74, 6) is -2.53. The second-order valence-electron chi connectivity index (χ2n) is 11.7. The maximum Gasteiger partial charge on any atom is 0.250 e. The molecule has 208 valence electrons. The molecule has 8 nitrogen and oxygen atoms in total. The Morgan fingerprint density at radius 2 is 1.87 bits per heavy atom. The van der Waals surface area contributed by atoms with Crippen LogP contribution in [0.2, 0.25) is 0 Å². The third-order valence-corrected chi connectivity index (χ3v) is 9.32. The van der Waals surface area contributed by atoms with Gasteiger partial charge in [-0.2, -0.15) is 0 Å². The smallest absolute Gasteiger partial charge is 0.250 e. The van der Waals surface area contributed by atoms with E-state index in [-0.39, 0.29) is 30.2 Å². The lowest BCUT2D eigenvalue weighted by Crippen LogP contribution is -2.56. The zero-order valence-electron chi connectivity index (χ0n) is 23.4. The van der Waals surface area contributed by atoms with Crippen molar-refractivity contribution in [2.24, 2.45) is 17.8 Å². The number of anilines is 1. The lowest BCUT2D eigenvalue weighted by Gasteiger charge is -2.36. The quantitative estimate of drug-likeness (QED) is 0.483. The fourth-order valence-corrected chi connectivity index (χ4v) is 7.15. The zero-order chi connectivity index (χ0) is 28.1. The number of carbonyl (C=O) groups is 3. The van der Waals surface area contributed by atoms with Crippen LogP contribution in [-0.2, 0) is 25.7 Å². The largest absolute Gasteiger partial charge is 0.394 e. The molecule has 5 rings (SSSR count). The fourth-order valence-electron chi connectivity index (χ4n) is 7.15. The number of nitrogens with one attached hydrogen (secondary N) is 2. The van der Waals surface area contributed by atoms with Crippen molar-refractivity contribution in [3.05, 3.63) is 65.2 Å². The average Bonchev–Trinajstić information content (AvgIpc) is 3.43. The van der Waals surface area contributed by atoms with Gasteiger partial charge in [0, 0.05) is 12.2 Å². The summed E-state index contributed by atoms with van der Waals surface area (Å²) in [5, 5.41) is 16.3. The first kappa shape index (κ1) is 27.3. The normalized spacial score (nSPS) is 31.7. The van der Waals surface area contributed by atoms with E-state index in [4.69, 9.17) is 4.74 Å². The summed E-state index contributed by atoms with van der Waals surface area (Å²) >= 11 is 0. The molecule has 3 amide bonds. The molecule has 8 heteroatoms. The Morgan fingerprint density at radius 3 is 2.54 bits per heavy atom. The Labute approximate surface area is 230 Å². The van der Waals surface area contributed by atoms with Gasteiger partial charge >= 0.3 is 0 Å². The highest BCUT2D eigenvalue weighted by Crippen LogP contribution is 2.65. The molecule has 3 N–H and O–H groups in total. The number of fused-ring (bicyclic) bond motifs is 1. The van der Waals surface area contributed by atoms with Crippen molar-refractivity contribution in [2.45, 2.75) is 77.3 Å². The molecule has 39 heavy (non-hydrogen) atoms. The molecule has 3 unspecified atom stereocenters. The monoisotopic (exact) mass is 533 g/mol. The topological polar surface area (TPSA) is 108 Å². The number of rotatable bonds is 8. The average molecular weight is 534 g/mol. The predicted molar refractivity (Wildman–Crippen MR) is 148 cm³/mol. The SMILES string of the molecule is CC[C@@H](CO)N1C(=O)[C@@H]2[C@H](C(=O)NCc3ccccc3)[C@@]3(C)OC2(CC3C)C1C(=O)Nc1cc(C)ccc1C. The van der Waals surface area contributed by atoms with Crippen molar-refractivity contribution in [1.82, 2.24) is 10.2 Å². The number of carbonyl (C=O) groups excluding carboxylic acids is 3. The number of aryl methyl sites for hydroxylation is 2. The number of benzene rings is 2. The molecule has 3 fully saturated rings. The Kier molecular flexibility index (Phi) is 7.06. The number of amides is 3. The van der Waals surface area contributed by atoms with Crippen molar-refractivity contribution < 1.29 is 24.2 Å². The Balaban J connectivity index is 1.53. The number of likely N-dealkylation sites (tertiary alicyclic amines) is 1. The van der Waals surface area contributed by atoms with Gasteiger partial charge in [-0.15, -0.1) is 0 Å². The van der Waals surface area contributed by atoms with Crippen LogP contribution in [-0.4, -0.2) is 57.6 Å². The minimum absolute atomic E-state index is 0.0563. The van der Waals surface area contributed by atoms with E-state index in [9.17, 15) is 19.5 Å². The van der Waals surface area contributed by atoms with Gasteiger partial charge in [-0.05, 0) is 62.3 Å². The first-order valence-corrected chi connectivity index (χ1v) is 13.9. The first-order chi connectivity index (χ1) is 18.6. The van der Waals surface area contributed by atoms with E-state index < -0.39 is 35.1 Å². The zero-order valence-corrected chi connectivity index (χ0v) is 23.4. The van der Waals surface area contributed by atoms with Gasteiger partial charge in [-0.25, -0.2) is 0 Å². The maximum absolute atomic E-state index is 14.2. The van der Waals surface area contributed by atoms with Crippen LogP contribution in [0.15, 0.2) is 48.5 Å². The van der Waals surface area contributed by atoms with Gasteiger partial charge in [-0.3, -0.25) is 14.4 Å². The first-order valence-electron chi connectivity index (χ1n) is 13.9. The molecule has 3 aliphatic rings. The van der Waals surface area contributed by atoms with E-state index >= 15 is 0 Å². The Bertz CT molecular complexity index is 1280. The van der Waals surface area contributed by atoms with Gasteiger partial charge in [0.1, 0.15) is 11.6 Å². The van der Waals surface area contributed by atoms with Crippen molar-refractivity contribution in [3.63, 3.8) is 0 Å². The van der Waals surface area contributed by atoms with Crippen LogP contribution in [0.4, 0.5) is 5.69 Å². The van der Waals surface area contributed by atoms with Gasteiger partial charge in [0.2, 0.25) is 17.7 Å². The van der Waals surface area contributed by atoms with Crippen LogP contribution < -0.4 is 10.6 Å². The number of aliphatic hydroxyl groups is 1. The van der Waals surface area contributed by atoms with Crippen LogP contribution in [0.25, 0.3) is 0 Å². The maximum atomic E-state index is 14.2. The lowest BCUT2D eigenvalue weighted by atomic mass is 9.62. The molecule has 0 saturated carbocycles. The number of hydrogen-bond acceptors (Lipinski definition) is 5. The second-order valence-corrected chi connectivity index (χ2v) is 11.7. The molecule has 0 radical (unpaired) electrons. The fraction of sp³-hybridized carbons (Fsp3) is 0.516. The highest BCUT2D eigenvalue weighted by molar-refractivity contribution is 6.04. The van der Waals surface area contributed by atoms with E-state index in [2.05, 4.69) is 10.6 Å². The molecule has 0 aromatic heterocycles. The Morgan fingerprint density at radius 1 is 1.15 bits per heavy atom. The third kappa shape index (κ3) is 4.25. The van der Waals surface area contributed by atoms with Crippen LogP contribution in [0.5, 0.6) is 0 Å². The molecular formula is C31H39N3O5. The number of ether oxygens (including phenoxy) is 1. The summed E-state index contributed by atoms with van der Waals surface area (Å²) in [4.78, 5) is 43.7. The van der Waals surface area contributed by atoms with E-state index in [1.54, 1.807) is 0 Å². The van der Waals surface area contributed by atoms with Gasteiger partial charge in [0.25, 0.3) is 0 Å². The lowest BCUT2D eigenvalue weighted by molar-refractivity contribution is -0.149. The van der Waals surface area contributed by atoms with Crippen molar-refractivity contribution in [1.29, 1.82) is 0 Å². The van der Waals surface area contributed by atoms with E-state index in [1.807, 2.05) is 83.1 Å². The highest BCUT2D eigenvalue weighted by Gasteiger charge is 2.80. The van der Waals surface area contributed by atoms with E-state index in [0.29, 0.717) is 25.1 Å². The predicted octanol–water partition coefficient (Wildman–Crippen LogP) is 3.34. The summed E-state index contributed by atoms with van der Waals surface area (Å²) in [6, 6.07) is 13.9. The van der Waals surface area contributed by atoms with Gasteiger partial charge in [-0.1, -0.05) is 56.3 Å². The second kappa shape index (κ2) is 10.1. The number of aliphatic hydroxyl groups excluding tert-OH is 1. The minimum Gasteiger partial charge on any atom is -0.394 e. The molecule has 2 aromatic carbocycles. The highest BCUT2D eigenvalue weighted by atomic mass is 16.5. The number of hydrogen-bond donors (Lipinski definition) is 3. The van der Waals surface area contributed by atoms with E-state index in [1.165, 1.54) is 4.90 Å². The van der Waals surface area contributed by atoms with E-state index in [0.717, 1.165) is 16.7 Å². The molecule has 3 heterocycles. The summed E-state index contributed by atoms with van der Waals surface area (Å²) in [5.41, 5.74) is 1.48. The molecule has 3 saturated heterocycles. The van der Waals surface area contributed by atoms with Gasteiger partial charge in [0.15, 0.2) is 0 Å². The minimum atomic E-state index is -1.16. The van der Waals surface area contributed by atoms with Crippen LogP contribution in [0.1, 0.15) is 50.3 Å². The number of nitrogens with zero attached hydrogens (tertiary/aromatic N) is 1. The molecule has 2 bridgehead atoms.